The Labute approximate surface area is 181 Å². The third-order valence-electron chi connectivity index (χ3n) is 5.26. The molecule has 30 heavy (non-hydrogen) atoms. The number of hydrogen-bond acceptors (Lipinski definition) is 5. The van der Waals surface area contributed by atoms with Crippen LogP contribution in [0, 0.1) is 0 Å². The van der Waals surface area contributed by atoms with Gasteiger partial charge in [-0.1, -0.05) is 24.1 Å². The molecule has 0 unspecified atom stereocenters. The van der Waals surface area contributed by atoms with Crippen LogP contribution < -0.4 is 14.8 Å². The summed E-state index contributed by atoms with van der Waals surface area (Å²) in [7, 11) is -3.72. The van der Waals surface area contributed by atoms with Crippen molar-refractivity contribution in [1.29, 1.82) is 0 Å². The Morgan fingerprint density at radius 2 is 1.80 bits per heavy atom. The van der Waals surface area contributed by atoms with Gasteiger partial charge in [-0.25, -0.2) is 8.42 Å². The van der Waals surface area contributed by atoms with Gasteiger partial charge in [0.2, 0.25) is 16.8 Å². The highest BCUT2D eigenvalue weighted by atomic mass is 35.5. The van der Waals surface area contributed by atoms with E-state index in [-0.39, 0.29) is 28.2 Å². The third kappa shape index (κ3) is 4.40. The van der Waals surface area contributed by atoms with Crippen LogP contribution in [-0.2, 0) is 16.4 Å². The number of sulfonamides is 1. The first-order chi connectivity index (χ1) is 14.4. The predicted molar refractivity (Wildman–Crippen MR) is 113 cm³/mol. The zero-order valence-corrected chi connectivity index (χ0v) is 18.0. The van der Waals surface area contributed by atoms with E-state index < -0.39 is 10.0 Å². The van der Waals surface area contributed by atoms with Gasteiger partial charge < -0.3 is 14.8 Å². The SMILES string of the molecule is O=C(NCCc1ccc2c(c1)OCO2)c1ccc(Cl)c(S(=O)(=O)N2CCCCC2)c1. The molecule has 1 saturated heterocycles. The lowest BCUT2D eigenvalue weighted by molar-refractivity contribution is 0.0954. The fraction of sp³-hybridized carbons (Fsp3) is 0.381. The first kappa shape index (κ1) is 21.0. The van der Waals surface area contributed by atoms with Gasteiger partial charge in [0.15, 0.2) is 11.5 Å². The van der Waals surface area contributed by atoms with Crippen molar-refractivity contribution in [2.75, 3.05) is 26.4 Å². The lowest BCUT2D eigenvalue weighted by atomic mass is 10.1. The molecule has 2 aromatic carbocycles. The van der Waals surface area contributed by atoms with Gasteiger partial charge in [-0.15, -0.1) is 0 Å². The maximum absolute atomic E-state index is 13.0. The average Bonchev–Trinajstić information content (AvgIpc) is 3.22. The summed E-state index contributed by atoms with van der Waals surface area (Å²) in [6.45, 7) is 1.57. The van der Waals surface area contributed by atoms with E-state index in [1.165, 1.54) is 22.5 Å². The standard InChI is InChI=1S/C21H23ClN2O5S/c22-17-6-5-16(13-20(17)30(26,27)24-10-2-1-3-11-24)21(25)23-9-8-15-4-7-18-19(12-15)29-14-28-18/h4-7,12-13H,1-3,8-11,14H2,(H,23,25). The molecule has 1 amide bonds. The molecular formula is C21H23ClN2O5S. The lowest BCUT2D eigenvalue weighted by Gasteiger charge is -2.26. The molecule has 0 bridgehead atoms. The minimum Gasteiger partial charge on any atom is -0.454 e. The number of amides is 1. The Hall–Kier alpha value is -2.29. The molecule has 7 nitrogen and oxygen atoms in total. The number of halogens is 1. The van der Waals surface area contributed by atoms with Crippen LogP contribution in [0.15, 0.2) is 41.3 Å². The van der Waals surface area contributed by atoms with Crippen LogP contribution >= 0.6 is 11.6 Å². The van der Waals surface area contributed by atoms with E-state index in [4.69, 9.17) is 21.1 Å². The van der Waals surface area contributed by atoms with Crippen molar-refractivity contribution in [3.05, 3.63) is 52.5 Å². The molecule has 160 valence electrons. The van der Waals surface area contributed by atoms with Crippen LogP contribution in [0.1, 0.15) is 35.2 Å². The van der Waals surface area contributed by atoms with Crippen LogP contribution in [0.4, 0.5) is 0 Å². The molecule has 0 atom stereocenters. The summed E-state index contributed by atoms with van der Waals surface area (Å²) < 4.78 is 38.0. The number of rotatable bonds is 6. The van der Waals surface area contributed by atoms with E-state index in [9.17, 15) is 13.2 Å². The number of hydrogen-bond donors (Lipinski definition) is 1. The first-order valence-electron chi connectivity index (χ1n) is 9.91. The number of carbonyl (C=O) groups is 1. The van der Waals surface area contributed by atoms with Crippen molar-refractivity contribution >= 4 is 27.5 Å². The minimum atomic E-state index is -3.72. The van der Waals surface area contributed by atoms with Crippen LogP contribution in [0.5, 0.6) is 11.5 Å². The van der Waals surface area contributed by atoms with Crippen molar-refractivity contribution < 1.29 is 22.7 Å². The zero-order chi connectivity index (χ0) is 21.1. The molecule has 0 aromatic heterocycles. The molecule has 1 fully saturated rings. The van der Waals surface area contributed by atoms with Gasteiger partial charge in [0.05, 0.1) is 5.02 Å². The van der Waals surface area contributed by atoms with E-state index in [0.29, 0.717) is 37.6 Å². The van der Waals surface area contributed by atoms with Crippen LogP contribution in [0.25, 0.3) is 0 Å². The quantitative estimate of drug-likeness (QED) is 0.730. The number of nitrogens with one attached hydrogen (secondary N) is 1. The normalized spacial score (nSPS) is 16.4. The molecule has 0 saturated carbocycles. The largest absolute Gasteiger partial charge is 0.454 e. The lowest BCUT2D eigenvalue weighted by Crippen LogP contribution is -2.36. The molecule has 2 heterocycles. The zero-order valence-electron chi connectivity index (χ0n) is 16.4. The van der Waals surface area contributed by atoms with Gasteiger partial charge in [-0.3, -0.25) is 4.79 Å². The van der Waals surface area contributed by atoms with Gasteiger partial charge >= 0.3 is 0 Å². The van der Waals surface area contributed by atoms with Gasteiger partial charge in [0, 0.05) is 25.2 Å². The number of benzene rings is 2. The summed E-state index contributed by atoms with van der Waals surface area (Å²) in [5.41, 5.74) is 1.27. The van der Waals surface area contributed by atoms with Crippen molar-refractivity contribution in [3.8, 4) is 11.5 Å². The second-order valence-corrected chi connectivity index (χ2v) is 9.62. The van der Waals surface area contributed by atoms with Crippen LogP contribution in [0.3, 0.4) is 0 Å². The molecule has 9 heteroatoms. The summed E-state index contributed by atoms with van der Waals surface area (Å²) >= 11 is 6.18. The van der Waals surface area contributed by atoms with Crippen molar-refractivity contribution in [1.82, 2.24) is 9.62 Å². The average molecular weight is 451 g/mol. The van der Waals surface area contributed by atoms with E-state index in [0.717, 1.165) is 24.8 Å². The maximum atomic E-state index is 13.0. The Bertz CT molecular complexity index is 1050. The van der Waals surface area contributed by atoms with Crippen molar-refractivity contribution in [2.45, 2.75) is 30.6 Å². The molecular weight excluding hydrogens is 428 g/mol. The third-order valence-corrected chi connectivity index (χ3v) is 7.64. The van der Waals surface area contributed by atoms with Crippen molar-refractivity contribution in [3.63, 3.8) is 0 Å². The second kappa shape index (κ2) is 8.83. The maximum Gasteiger partial charge on any atom is 0.251 e. The molecule has 0 radical (unpaired) electrons. The van der Waals surface area contributed by atoms with E-state index in [1.54, 1.807) is 0 Å². The Balaban J connectivity index is 1.42. The Morgan fingerprint density at radius 3 is 2.60 bits per heavy atom. The highest BCUT2D eigenvalue weighted by Gasteiger charge is 2.28. The van der Waals surface area contributed by atoms with Gasteiger partial charge in [0.25, 0.3) is 5.91 Å². The topological polar surface area (TPSA) is 84.9 Å². The summed E-state index contributed by atoms with van der Waals surface area (Å²) in [4.78, 5) is 12.6. The van der Waals surface area contributed by atoms with Crippen molar-refractivity contribution in [2.24, 2.45) is 0 Å². The van der Waals surface area contributed by atoms with Crippen LogP contribution in [-0.4, -0.2) is 45.1 Å². The van der Waals surface area contributed by atoms with E-state index >= 15 is 0 Å². The summed E-state index contributed by atoms with van der Waals surface area (Å²) in [6.07, 6.45) is 3.29. The van der Waals surface area contributed by atoms with Gasteiger partial charge in [-0.2, -0.15) is 4.31 Å². The monoisotopic (exact) mass is 450 g/mol. The predicted octanol–water partition coefficient (Wildman–Crippen LogP) is 3.22. The number of carbonyl (C=O) groups excluding carboxylic acids is 1. The molecule has 1 N–H and O–H groups in total. The molecule has 4 rings (SSSR count). The number of piperidine rings is 1. The number of nitrogens with zero attached hydrogens (tertiary/aromatic N) is 1. The molecule has 0 aliphatic carbocycles. The van der Waals surface area contributed by atoms with E-state index in [2.05, 4.69) is 5.32 Å². The smallest absolute Gasteiger partial charge is 0.251 e. The molecule has 2 aliphatic heterocycles. The van der Waals surface area contributed by atoms with Crippen LogP contribution in [0.2, 0.25) is 5.02 Å². The summed E-state index contributed by atoms with van der Waals surface area (Å²) in [6, 6.07) is 10.0. The molecule has 2 aliphatic rings. The Kier molecular flexibility index (Phi) is 6.17. The number of ether oxygens (including phenoxy) is 2. The fourth-order valence-electron chi connectivity index (χ4n) is 3.61. The second-order valence-electron chi connectivity index (χ2n) is 7.30. The van der Waals surface area contributed by atoms with Gasteiger partial charge in [-0.05, 0) is 55.2 Å². The Morgan fingerprint density at radius 1 is 1.03 bits per heavy atom. The van der Waals surface area contributed by atoms with E-state index in [1.807, 2.05) is 18.2 Å². The number of fused-ring (bicyclic) bond motifs is 1. The molecule has 0 spiro atoms. The highest BCUT2D eigenvalue weighted by molar-refractivity contribution is 7.89. The summed E-state index contributed by atoms with van der Waals surface area (Å²) in [5, 5.41) is 2.95. The first-order valence-corrected chi connectivity index (χ1v) is 11.7. The molecule has 2 aromatic rings. The highest BCUT2D eigenvalue weighted by Crippen LogP contribution is 2.32. The summed E-state index contributed by atoms with van der Waals surface area (Å²) in [5.74, 6) is 1.07. The minimum absolute atomic E-state index is 0.0190. The fourth-order valence-corrected chi connectivity index (χ4v) is 5.62. The van der Waals surface area contributed by atoms with Gasteiger partial charge in [0.1, 0.15) is 4.90 Å².